The second-order valence-corrected chi connectivity index (χ2v) is 5.75. The maximum atomic E-state index is 12.1. The fourth-order valence-corrected chi connectivity index (χ4v) is 3.10. The van der Waals surface area contributed by atoms with Gasteiger partial charge >= 0.3 is 0 Å². The van der Waals surface area contributed by atoms with E-state index in [1.807, 2.05) is 0 Å². The topological polar surface area (TPSA) is 79.4 Å². The number of benzene rings is 1. The van der Waals surface area contributed by atoms with Crippen LogP contribution >= 0.6 is 22.9 Å². The molecule has 1 aliphatic rings. The van der Waals surface area contributed by atoms with Gasteiger partial charge in [-0.2, -0.15) is 0 Å². The molecule has 1 aromatic heterocycles. The number of nitrogens with one attached hydrogen (secondary N) is 1. The summed E-state index contributed by atoms with van der Waals surface area (Å²) in [6.07, 6.45) is 0. The number of aromatic nitrogens is 1. The first kappa shape index (κ1) is 14.7. The number of thiazole rings is 1. The van der Waals surface area contributed by atoms with Crippen molar-refractivity contribution in [2.24, 2.45) is 0 Å². The largest absolute Gasteiger partial charge is 0.349 e. The highest BCUT2D eigenvalue weighted by molar-refractivity contribution is 7.12. The molecule has 0 aliphatic carbocycles. The Morgan fingerprint density at radius 2 is 1.86 bits per heavy atom. The zero-order valence-corrected chi connectivity index (χ0v) is 12.8. The molecule has 6 nitrogen and oxygen atoms in total. The van der Waals surface area contributed by atoms with Gasteiger partial charge in [0.25, 0.3) is 17.7 Å². The Balaban J connectivity index is 1.62. The summed E-state index contributed by atoms with van der Waals surface area (Å²) in [4.78, 5) is 41.3. The van der Waals surface area contributed by atoms with Crippen LogP contribution in [0.4, 0.5) is 0 Å². The van der Waals surface area contributed by atoms with E-state index in [4.69, 9.17) is 11.6 Å². The maximum Gasteiger partial charge on any atom is 0.264 e. The van der Waals surface area contributed by atoms with Gasteiger partial charge in [0, 0.05) is 13.1 Å². The number of nitrogens with zero attached hydrogens (tertiary/aromatic N) is 2. The van der Waals surface area contributed by atoms with Crippen molar-refractivity contribution in [1.82, 2.24) is 15.2 Å². The molecule has 2 aromatic rings. The number of hydrogen-bond acceptors (Lipinski definition) is 5. The van der Waals surface area contributed by atoms with Crippen molar-refractivity contribution in [3.8, 4) is 0 Å². The van der Waals surface area contributed by atoms with Crippen molar-refractivity contribution in [2.45, 2.75) is 0 Å². The van der Waals surface area contributed by atoms with Gasteiger partial charge in [0.15, 0.2) is 5.15 Å². The third-order valence-electron chi connectivity index (χ3n) is 3.23. The van der Waals surface area contributed by atoms with Gasteiger partial charge in [0.1, 0.15) is 4.88 Å². The van der Waals surface area contributed by atoms with Crippen LogP contribution in [-0.2, 0) is 0 Å². The zero-order valence-electron chi connectivity index (χ0n) is 11.2. The van der Waals surface area contributed by atoms with Crippen LogP contribution in [0.1, 0.15) is 30.4 Å². The predicted octanol–water partition coefficient (Wildman–Crippen LogP) is 1.82. The van der Waals surface area contributed by atoms with Gasteiger partial charge < -0.3 is 5.32 Å². The summed E-state index contributed by atoms with van der Waals surface area (Å²) in [7, 11) is 0. The van der Waals surface area contributed by atoms with Crippen LogP contribution in [0.25, 0.3) is 0 Å². The van der Waals surface area contributed by atoms with Crippen molar-refractivity contribution < 1.29 is 14.4 Å². The molecule has 0 bridgehead atoms. The van der Waals surface area contributed by atoms with Crippen molar-refractivity contribution in [1.29, 1.82) is 0 Å². The molecule has 0 saturated heterocycles. The average Bonchev–Trinajstić information content (AvgIpc) is 3.05. The van der Waals surface area contributed by atoms with Crippen LogP contribution in [0.5, 0.6) is 0 Å². The summed E-state index contributed by atoms with van der Waals surface area (Å²) in [5.41, 5.74) is 2.26. The predicted molar refractivity (Wildman–Crippen MR) is 81.3 cm³/mol. The smallest absolute Gasteiger partial charge is 0.264 e. The van der Waals surface area contributed by atoms with Crippen LogP contribution < -0.4 is 5.32 Å². The first-order valence-corrected chi connectivity index (χ1v) is 7.67. The SMILES string of the molecule is O=C(NCCN1C(=O)c2ccccc2C1=O)c1scnc1Cl. The van der Waals surface area contributed by atoms with Gasteiger partial charge in [0.05, 0.1) is 16.6 Å². The Hall–Kier alpha value is -2.25. The number of carbonyl (C=O) groups excluding carboxylic acids is 3. The molecule has 3 rings (SSSR count). The minimum atomic E-state index is -0.371. The molecule has 0 spiro atoms. The lowest BCUT2D eigenvalue weighted by Gasteiger charge is -2.13. The minimum Gasteiger partial charge on any atom is -0.349 e. The van der Waals surface area contributed by atoms with Crippen molar-refractivity contribution in [3.63, 3.8) is 0 Å². The summed E-state index contributed by atoms with van der Waals surface area (Å²) < 4.78 is 0. The molecule has 8 heteroatoms. The van der Waals surface area contributed by atoms with Gasteiger partial charge in [-0.05, 0) is 12.1 Å². The molecular formula is C14H10ClN3O3S. The molecule has 0 fully saturated rings. The van der Waals surface area contributed by atoms with Crippen LogP contribution in [0.3, 0.4) is 0 Å². The number of rotatable bonds is 4. The van der Waals surface area contributed by atoms with E-state index >= 15 is 0 Å². The second kappa shape index (κ2) is 5.86. The third-order valence-corrected chi connectivity index (χ3v) is 4.45. The van der Waals surface area contributed by atoms with Gasteiger partial charge in [-0.15, -0.1) is 11.3 Å². The number of hydrogen-bond donors (Lipinski definition) is 1. The number of halogens is 1. The van der Waals surface area contributed by atoms with E-state index in [2.05, 4.69) is 10.3 Å². The van der Waals surface area contributed by atoms with Crippen molar-refractivity contribution >= 4 is 40.7 Å². The monoisotopic (exact) mass is 335 g/mol. The standard InChI is InChI=1S/C14H10ClN3O3S/c15-11-10(22-7-17-11)12(19)16-5-6-18-13(20)8-3-1-2-4-9(8)14(18)21/h1-4,7H,5-6H2,(H,16,19). The number of fused-ring (bicyclic) bond motifs is 1. The Bertz CT molecular complexity index is 739. The normalized spacial score (nSPS) is 13.4. The molecule has 3 amide bonds. The Kier molecular flexibility index (Phi) is 3.91. The van der Waals surface area contributed by atoms with Gasteiger partial charge in [-0.3, -0.25) is 19.3 Å². The fourth-order valence-electron chi connectivity index (χ4n) is 2.18. The summed E-state index contributed by atoms with van der Waals surface area (Å²) in [5, 5.41) is 2.76. The highest BCUT2D eigenvalue weighted by Gasteiger charge is 2.34. The first-order valence-electron chi connectivity index (χ1n) is 6.42. The number of imide groups is 1. The van der Waals surface area contributed by atoms with E-state index < -0.39 is 0 Å². The van der Waals surface area contributed by atoms with E-state index in [9.17, 15) is 14.4 Å². The maximum absolute atomic E-state index is 12.1. The van der Waals surface area contributed by atoms with E-state index in [-0.39, 0.29) is 36.0 Å². The van der Waals surface area contributed by atoms with Crippen LogP contribution in [0.15, 0.2) is 29.8 Å². The number of amides is 3. The van der Waals surface area contributed by atoms with E-state index in [1.54, 1.807) is 24.3 Å². The molecular weight excluding hydrogens is 326 g/mol. The van der Waals surface area contributed by atoms with E-state index in [1.165, 1.54) is 5.51 Å². The van der Waals surface area contributed by atoms with Gasteiger partial charge in [-0.1, -0.05) is 23.7 Å². The number of carbonyl (C=O) groups is 3. The molecule has 1 aromatic carbocycles. The van der Waals surface area contributed by atoms with Crippen LogP contribution in [-0.4, -0.2) is 40.7 Å². The average molecular weight is 336 g/mol. The Labute approximate surface area is 134 Å². The van der Waals surface area contributed by atoms with Gasteiger partial charge in [0.2, 0.25) is 0 Å². The molecule has 22 heavy (non-hydrogen) atoms. The lowest BCUT2D eigenvalue weighted by atomic mass is 10.1. The third kappa shape index (κ3) is 2.49. The highest BCUT2D eigenvalue weighted by atomic mass is 35.5. The quantitative estimate of drug-likeness (QED) is 0.864. The summed E-state index contributed by atoms with van der Waals surface area (Å²) in [5.74, 6) is -1.06. The van der Waals surface area contributed by atoms with E-state index in [0.29, 0.717) is 16.0 Å². The molecule has 0 unspecified atom stereocenters. The highest BCUT2D eigenvalue weighted by Crippen LogP contribution is 2.22. The molecule has 2 heterocycles. The lowest BCUT2D eigenvalue weighted by molar-refractivity contribution is 0.0650. The van der Waals surface area contributed by atoms with Crippen LogP contribution in [0, 0.1) is 0 Å². The molecule has 1 N–H and O–H groups in total. The van der Waals surface area contributed by atoms with Gasteiger partial charge in [-0.25, -0.2) is 4.98 Å². The zero-order chi connectivity index (χ0) is 15.7. The molecule has 1 aliphatic heterocycles. The molecule has 0 saturated carbocycles. The Morgan fingerprint density at radius 3 is 2.41 bits per heavy atom. The Morgan fingerprint density at radius 1 is 1.23 bits per heavy atom. The second-order valence-electron chi connectivity index (χ2n) is 4.54. The summed E-state index contributed by atoms with van der Waals surface area (Å²) >= 11 is 6.90. The minimum absolute atomic E-state index is 0.106. The van der Waals surface area contributed by atoms with Crippen molar-refractivity contribution in [2.75, 3.05) is 13.1 Å². The van der Waals surface area contributed by atoms with E-state index in [0.717, 1.165) is 16.2 Å². The first-order chi connectivity index (χ1) is 10.6. The summed E-state index contributed by atoms with van der Waals surface area (Å²) in [6.45, 7) is 0.257. The fraction of sp³-hybridized carbons (Fsp3) is 0.143. The van der Waals surface area contributed by atoms with Crippen molar-refractivity contribution in [3.05, 3.63) is 50.9 Å². The molecule has 0 radical (unpaired) electrons. The molecule has 112 valence electrons. The molecule has 0 atom stereocenters. The lowest BCUT2D eigenvalue weighted by Crippen LogP contribution is -2.38. The summed E-state index contributed by atoms with van der Waals surface area (Å²) in [6, 6.07) is 6.65. The van der Waals surface area contributed by atoms with Crippen LogP contribution in [0.2, 0.25) is 5.15 Å².